The zero-order valence-electron chi connectivity index (χ0n) is 7.79. The number of aryl methyl sites for hydroxylation is 1. The number of rotatable bonds is 5. The van der Waals surface area contributed by atoms with Crippen LogP contribution in [0, 0.1) is 4.77 Å². The Kier molecular flexibility index (Phi) is 3.84. The lowest BCUT2D eigenvalue weighted by molar-refractivity contribution is 0.0689. The van der Waals surface area contributed by atoms with Crippen molar-refractivity contribution in [3.05, 3.63) is 16.2 Å². The van der Waals surface area contributed by atoms with E-state index in [1.54, 1.807) is 7.11 Å². The van der Waals surface area contributed by atoms with Crippen LogP contribution in [0.5, 0.6) is 0 Å². The molecule has 1 rings (SSSR count). The SMILES string of the molecule is COCCCc1[nH]c(=S)[nH]c1C(=O)O. The van der Waals surface area contributed by atoms with E-state index < -0.39 is 5.97 Å². The van der Waals surface area contributed by atoms with Gasteiger partial charge in [-0.15, -0.1) is 0 Å². The third-order valence-corrected chi connectivity index (χ3v) is 2.00. The van der Waals surface area contributed by atoms with Crippen molar-refractivity contribution in [1.82, 2.24) is 9.97 Å². The molecule has 0 radical (unpaired) electrons. The van der Waals surface area contributed by atoms with Crippen LogP contribution in [-0.4, -0.2) is 34.8 Å². The highest BCUT2D eigenvalue weighted by molar-refractivity contribution is 7.71. The van der Waals surface area contributed by atoms with E-state index >= 15 is 0 Å². The average Bonchev–Trinajstić information content (AvgIpc) is 2.47. The van der Waals surface area contributed by atoms with Gasteiger partial charge in [-0.3, -0.25) is 0 Å². The van der Waals surface area contributed by atoms with Gasteiger partial charge in [0.25, 0.3) is 0 Å². The minimum Gasteiger partial charge on any atom is -0.477 e. The van der Waals surface area contributed by atoms with Gasteiger partial charge in [-0.1, -0.05) is 0 Å². The van der Waals surface area contributed by atoms with Crippen molar-refractivity contribution >= 4 is 18.2 Å². The summed E-state index contributed by atoms with van der Waals surface area (Å²) in [6, 6.07) is 0. The van der Waals surface area contributed by atoms with Gasteiger partial charge in [0.05, 0.1) is 0 Å². The molecule has 0 unspecified atom stereocenters. The second-order valence-corrected chi connectivity index (χ2v) is 3.24. The highest BCUT2D eigenvalue weighted by Crippen LogP contribution is 2.06. The van der Waals surface area contributed by atoms with Crippen LogP contribution < -0.4 is 0 Å². The largest absolute Gasteiger partial charge is 0.477 e. The number of aromatic amines is 2. The number of hydrogen-bond donors (Lipinski definition) is 3. The molecule has 1 heterocycles. The first kappa shape index (κ1) is 10.9. The van der Waals surface area contributed by atoms with Gasteiger partial charge in [0, 0.05) is 19.4 Å². The first-order chi connectivity index (χ1) is 6.65. The van der Waals surface area contributed by atoms with Crippen molar-refractivity contribution < 1.29 is 14.6 Å². The van der Waals surface area contributed by atoms with E-state index in [4.69, 9.17) is 22.1 Å². The fourth-order valence-corrected chi connectivity index (χ4v) is 1.41. The fraction of sp³-hybridized carbons (Fsp3) is 0.500. The summed E-state index contributed by atoms with van der Waals surface area (Å²) in [7, 11) is 1.61. The lowest BCUT2D eigenvalue weighted by Crippen LogP contribution is -2.03. The second kappa shape index (κ2) is 4.92. The molecule has 1 aromatic rings. The Balaban J connectivity index is 2.74. The number of H-pyrrole nitrogens is 2. The predicted molar refractivity (Wildman–Crippen MR) is 53.1 cm³/mol. The average molecular weight is 216 g/mol. The molecule has 1 aromatic heterocycles. The number of carbonyl (C=O) groups is 1. The molecule has 0 aromatic carbocycles. The van der Waals surface area contributed by atoms with Gasteiger partial charge < -0.3 is 19.8 Å². The van der Waals surface area contributed by atoms with E-state index in [1.165, 1.54) is 0 Å². The third-order valence-electron chi connectivity index (χ3n) is 1.79. The van der Waals surface area contributed by atoms with E-state index in [0.717, 1.165) is 6.42 Å². The maximum Gasteiger partial charge on any atom is 0.354 e. The van der Waals surface area contributed by atoms with Crippen molar-refractivity contribution in [3.63, 3.8) is 0 Å². The molecule has 0 aliphatic rings. The molecule has 0 bridgehead atoms. The van der Waals surface area contributed by atoms with Crippen molar-refractivity contribution in [2.24, 2.45) is 0 Å². The maximum absolute atomic E-state index is 10.7. The highest BCUT2D eigenvalue weighted by atomic mass is 32.1. The molecule has 78 valence electrons. The minimum absolute atomic E-state index is 0.145. The molecule has 0 aliphatic carbocycles. The quantitative estimate of drug-likeness (QED) is 0.513. The normalized spacial score (nSPS) is 10.4. The zero-order valence-corrected chi connectivity index (χ0v) is 8.61. The molecule has 14 heavy (non-hydrogen) atoms. The lowest BCUT2D eigenvalue weighted by atomic mass is 10.2. The Morgan fingerprint density at radius 1 is 1.57 bits per heavy atom. The Bertz CT molecular complexity index is 369. The summed E-state index contributed by atoms with van der Waals surface area (Å²) >= 11 is 4.81. The number of nitrogens with one attached hydrogen (secondary N) is 2. The molecule has 6 heteroatoms. The summed E-state index contributed by atoms with van der Waals surface area (Å²) in [6.07, 6.45) is 1.38. The molecular formula is C8H12N2O3S. The van der Waals surface area contributed by atoms with E-state index in [1.807, 2.05) is 0 Å². The molecule has 0 saturated carbocycles. The molecule has 0 fully saturated rings. The van der Waals surface area contributed by atoms with Crippen LogP contribution in [0.3, 0.4) is 0 Å². The number of hydrogen-bond acceptors (Lipinski definition) is 3. The summed E-state index contributed by atoms with van der Waals surface area (Å²) in [4.78, 5) is 16.1. The van der Waals surface area contributed by atoms with E-state index in [9.17, 15) is 4.79 Å². The van der Waals surface area contributed by atoms with Crippen LogP contribution in [0.4, 0.5) is 0 Å². The molecule has 3 N–H and O–H groups in total. The maximum atomic E-state index is 10.7. The number of carboxylic acids is 1. The van der Waals surface area contributed by atoms with Crippen molar-refractivity contribution in [2.45, 2.75) is 12.8 Å². The summed E-state index contributed by atoms with van der Waals surface area (Å²) in [5, 5.41) is 8.81. The highest BCUT2D eigenvalue weighted by Gasteiger charge is 2.11. The standard InChI is InChI=1S/C8H12N2O3S/c1-13-4-2-3-5-6(7(11)12)10-8(14)9-5/h2-4H2,1H3,(H,11,12)(H2,9,10,14). The van der Waals surface area contributed by atoms with Crippen LogP contribution in [0.2, 0.25) is 0 Å². The van der Waals surface area contributed by atoms with Gasteiger partial charge in [0.15, 0.2) is 4.77 Å². The molecule has 0 saturated heterocycles. The van der Waals surface area contributed by atoms with Gasteiger partial charge in [-0.25, -0.2) is 4.79 Å². The van der Waals surface area contributed by atoms with Crippen molar-refractivity contribution in [2.75, 3.05) is 13.7 Å². The second-order valence-electron chi connectivity index (χ2n) is 2.83. The van der Waals surface area contributed by atoms with Crippen LogP contribution in [0.25, 0.3) is 0 Å². The molecule has 0 spiro atoms. The number of imidazole rings is 1. The lowest BCUT2D eigenvalue weighted by Gasteiger charge is -1.98. The van der Waals surface area contributed by atoms with Crippen molar-refractivity contribution in [1.29, 1.82) is 0 Å². The summed E-state index contributed by atoms with van der Waals surface area (Å²) in [5.74, 6) is -0.996. The molecule has 0 aliphatic heterocycles. The first-order valence-electron chi connectivity index (χ1n) is 4.18. The third kappa shape index (κ3) is 2.68. The summed E-state index contributed by atoms with van der Waals surface area (Å²) in [5.41, 5.74) is 0.769. The van der Waals surface area contributed by atoms with Crippen LogP contribution in [0.15, 0.2) is 0 Å². The number of carboxylic acid groups (broad SMARTS) is 1. The fourth-order valence-electron chi connectivity index (χ4n) is 1.18. The molecule has 5 nitrogen and oxygen atoms in total. The topological polar surface area (TPSA) is 78.1 Å². The number of aromatic carboxylic acids is 1. The molecule has 0 atom stereocenters. The van der Waals surface area contributed by atoms with Gasteiger partial charge in [-0.05, 0) is 25.1 Å². The first-order valence-corrected chi connectivity index (χ1v) is 4.59. The van der Waals surface area contributed by atoms with Crippen molar-refractivity contribution in [3.8, 4) is 0 Å². The molecule has 0 amide bonds. The van der Waals surface area contributed by atoms with Crippen LogP contribution in [-0.2, 0) is 11.2 Å². The summed E-state index contributed by atoms with van der Waals surface area (Å²) < 4.78 is 5.22. The zero-order chi connectivity index (χ0) is 10.6. The number of methoxy groups -OCH3 is 1. The van der Waals surface area contributed by atoms with E-state index in [2.05, 4.69) is 9.97 Å². The Morgan fingerprint density at radius 3 is 2.86 bits per heavy atom. The van der Waals surface area contributed by atoms with Gasteiger partial charge in [0.2, 0.25) is 0 Å². The Labute approximate surface area is 86.1 Å². The number of ether oxygens (including phenoxy) is 1. The molecular weight excluding hydrogens is 204 g/mol. The predicted octanol–water partition coefficient (Wildman–Crippen LogP) is 1.35. The van der Waals surface area contributed by atoms with Gasteiger partial charge in [0.1, 0.15) is 5.69 Å². The smallest absolute Gasteiger partial charge is 0.354 e. The monoisotopic (exact) mass is 216 g/mol. The van der Waals surface area contributed by atoms with Gasteiger partial charge >= 0.3 is 5.97 Å². The van der Waals surface area contributed by atoms with Crippen LogP contribution >= 0.6 is 12.2 Å². The Morgan fingerprint density at radius 2 is 2.29 bits per heavy atom. The van der Waals surface area contributed by atoms with Crippen LogP contribution in [0.1, 0.15) is 22.6 Å². The summed E-state index contributed by atoms with van der Waals surface area (Å²) in [6.45, 7) is 0.602. The number of aromatic nitrogens is 2. The minimum atomic E-state index is -0.996. The van der Waals surface area contributed by atoms with E-state index in [-0.39, 0.29) is 5.69 Å². The Hall–Kier alpha value is -1.14. The van der Waals surface area contributed by atoms with Gasteiger partial charge in [-0.2, -0.15) is 0 Å². The van der Waals surface area contributed by atoms with E-state index in [0.29, 0.717) is 23.5 Å².